The summed E-state index contributed by atoms with van der Waals surface area (Å²) in [6, 6.07) is 10.2. The highest BCUT2D eigenvalue weighted by molar-refractivity contribution is 5.94. The number of aromatic nitrogens is 2. The number of methoxy groups -OCH3 is 1. The van der Waals surface area contributed by atoms with Crippen LogP contribution in [-0.2, 0) is 22.5 Å². The summed E-state index contributed by atoms with van der Waals surface area (Å²) in [5.74, 6) is 0.908. The van der Waals surface area contributed by atoms with Crippen molar-refractivity contribution in [2.75, 3.05) is 25.6 Å². The van der Waals surface area contributed by atoms with Crippen LogP contribution in [0.2, 0.25) is 0 Å². The average molecular weight is 482 g/mol. The summed E-state index contributed by atoms with van der Waals surface area (Å²) >= 11 is 0. The summed E-state index contributed by atoms with van der Waals surface area (Å²) in [7, 11) is 1.53. The van der Waals surface area contributed by atoms with Gasteiger partial charge >= 0.3 is 0 Å². The van der Waals surface area contributed by atoms with Crippen LogP contribution in [0.4, 0.5) is 10.2 Å². The zero-order chi connectivity index (χ0) is 24.4. The van der Waals surface area contributed by atoms with Gasteiger partial charge in [-0.3, -0.25) is 4.79 Å². The lowest BCUT2D eigenvalue weighted by molar-refractivity contribution is -0.118. The van der Waals surface area contributed by atoms with Crippen molar-refractivity contribution in [3.05, 3.63) is 53.5 Å². The van der Waals surface area contributed by atoms with Crippen molar-refractivity contribution in [3.8, 4) is 11.6 Å². The standard InChI is InChI=1S/C25H28FN5O4/c1-33-23-9-3-14-2-6-18(26)17(24(14)31-23)10-19(27)20-7-5-16(12-34-20)28-11-15-4-8-21-25(29-15)30-22(32)13-35-21/h2-4,6,8-9,16,19-20,28H,5,7,10-13,27H2,1H3,(H,29,30,32)/t16-,19+,20+/m0/s1. The van der Waals surface area contributed by atoms with E-state index in [0.717, 1.165) is 23.9 Å². The Hall–Kier alpha value is -3.34. The molecule has 0 saturated carbocycles. The van der Waals surface area contributed by atoms with E-state index in [1.165, 1.54) is 13.2 Å². The van der Waals surface area contributed by atoms with Gasteiger partial charge in [0, 0.05) is 35.6 Å². The highest BCUT2D eigenvalue weighted by atomic mass is 19.1. The van der Waals surface area contributed by atoms with Gasteiger partial charge in [-0.25, -0.2) is 14.4 Å². The van der Waals surface area contributed by atoms with Crippen LogP contribution >= 0.6 is 0 Å². The second kappa shape index (κ2) is 10.1. The molecule has 10 heteroatoms. The fourth-order valence-corrected chi connectivity index (χ4v) is 4.50. The number of fused-ring (bicyclic) bond motifs is 2. The molecule has 0 radical (unpaired) electrons. The molecule has 4 N–H and O–H groups in total. The molecule has 0 unspecified atom stereocenters. The van der Waals surface area contributed by atoms with E-state index in [1.807, 2.05) is 18.2 Å². The molecular weight excluding hydrogens is 453 g/mol. The molecule has 1 aromatic carbocycles. The van der Waals surface area contributed by atoms with E-state index >= 15 is 0 Å². The monoisotopic (exact) mass is 481 g/mol. The second-order valence-electron chi connectivity index (χ2n) is 8.83. The minimum absolute atomic E-state index is 0.00678. The van der Waals surface area contributed by atoms with Crippen molar-refractivity contribution >= 4 is 22.6 Å². The number of anilines is 1. The lowest BCUT2D eigenvalue weighted by Gasteiger charge is -2.33. The third-order valence-corrected chi connectivity index (χ3v) is 6.43. The molecule has 3 aromatic rings. The first-order valence-corrected chi connectivity index (χ1v) is 11.7. The first kappa shape index (κ1) is 23.4. The van der Waals surface area contributed by atoms with Gasteiger partial charge < -0.3 is 30.6 Å². The third kappa shape index (κ3) is 5.19. The number of rotatable bonds is 7. The van der Waals surface area contributed by atoms with Crippen molar-refractivity contribution in [2.45, 2.75) is 44.0 Å². The van der Waals surface area contributed by atoms with Crippen LogP contribution in [0.3, 0.4) is 0 Å². The van der Waals surface area contributed by atoms with Gasteiger partial charge in [0.25, 0.3) is 5.91 Å². The number of hydrogen-bond acceptors (Lipinski definition) is 8. The number of hydrogen-bond donors (Lipinski definition) is 3. The van der Waals surface area contributed by atoms with Gasteiger partial charge in [0.1, 0.15) is 5.82 Å². The van der Waals surface area contributed by atoms with E-state index in [4.69, 9.17) is 19.9 Å². The van der Waals surface area contributed by atoms with E-state index in [9.17, 15) is 9.18 Å². The van der Waals surface area contributed by atoms with Gasteiger partial charge in [0.15, 0.2) is 18.2 Å². The second-order valence-corrected chi connectivity index (χ2v) is 8.83. The van der Waals surface area contributed by atoms with E-state index in [2.05, 4.69) is 20.6 Å². The number of benzene rings is 1. The van der Waals surface area contributed by atoms with Crippen LogP contribution in [0.5, 0.6) is 11.6 Å². The van der Waals surface area contributed by atoms with Crippen molar-refractivity contribution in [2.24, 2.45) is 5.73 Å². The molecule has 1 saturated heterocycles. The van der Waals surface area contributed by atoms with E-state index < -0.39 is 0 Å². The number of amides is 1. The number of carbonyl (C=O) groups excluding carboxylic acids is 1. The van der Waals surface area contributed by atoms with E-state index in [0.29, 0.717) is 48.1 Å². The van der Waals surface area contributed by atoms with Gasteiger partial charge in [-0.2, -0.15) is 0 Å². The molecule has 35 heavy (non-hydrogen) atoms. The van der Waals surface area contributed by atoms with Gasteiger partial charge in [0.05, 0.1) is 31.0 Å². The normalized spacial score (nSPS) is 20.6. The Morgan fingerprint density at radius 1 is 1.23 bits per heavy atom. The maximum atomic E-state index is 14.7. The SMILES string of the molecule is COc1ccc2ccc(F)c(C[C@@H](N)[C@H]3CC[C@H](NCc4ccc5c(n4)NC(=O)CO5)CO3)c2n1. The van der Waals surface area contributed by atoms with Crippen LogP contribution in [0.1, 0.15) is 24.1 Å². The molecule has 2 aliphatic heterocycles. The zero-order valence-electron chi connectivity index (χ0n) is 19.4. The number of ether oxygens (including phenoxy) is 3. The third-order valence-electron chi connectivity index (χ3n) is 6.43. The Morgan fingerprint density at radius 3 is 2.89 bits per heavy atom. The molecule has 0 aliphatic carbocycles. The minimum Gasteiger partial charge on any atom is -0.481 e. The molecule has 1 fully saturated rings. The lowest BCUT2D eigenvalue weighted by Crippen LogP contribution is -2.47. The van der Waals surface area contributed by atoms with Crippen LogP contribution in [0.15, 0.2) is 36.4 Å². The highest BCUT2D eigenvalue weighted by Crippen LogP contribution is 2.27. The van der Waals surface area contributed by atoms with Crippen molar-refractivity contribution in [3.63, 3.8) is 0 Å². The van der Waals surface area contributed by atoms with Gasteiger partial charge in [-0.05, 0) is 49.6 Å². The number of nitrogens with two attached hydrogens (primary N) is 1. The maximum Gasteiger partial charge on any atom is 0.263 e. The van der Waals surface area contributed by atoms with Crippen LogP contribution in [0, 0.1) is 5.82 Å². The smallest absolute Gasteiger partial charge is 0.263 e. The van der Waals surface area contributed by atoms with Gasteiger partial charge in [0.2, 0.25) is 5.88 Å². The highest BCUT2D eigenvalue weighted by Gasteiger charge is 2.28. The maximum absolute atomic E-state index is 14.7. The van der Waals surface area contributed by atoms with E-state index in [1.54, 1.807) is 12.1 Å². The molecule has 3 atom stereocenters. The first-order valence-electron chi connectivity index (χ1n) is 11.7. The topological polar surface area (TPSA) is 121 Å². The number of carbonyl (C=O) groups is 1. The van der Waals surface area contributed by atoms with Crippen molar-refractivity contribution < 1.29 is 23.4 Å². The Bertz CT molecular complexity index is 1230. The number of nitrogens with one attached hydrogen (secondary N) is 2. The predicted molar refractivity (Wildman–Crippen MR) is 128 cm³/mol. The predicted octanol–water partition coefficient (Wildman–Crippen LogP) is 2.32. The molecule has 0 spiro atoms. The van der Waals surface area contributed by atoms with Crippen molar-refractivity contribution in [1.82, 2.24) is 15.3 Å². The van der Waals surface area contributed by atoms with E-state index in [-0.39, 0.29) is 36.5 Å². The Balaban J connectivity index is 1.16. The van der Waals surface area contributed by atoms with Gasteiger partial charge in [-0.1, -0.05) is 0 Å². The number of halogens is 1. The number of nitrogens with zero attached hydrogens (tertiary/aromatic N) is 2. The summed E-state index contributed by atoms with van der Waals surface area (Å²) < 4.78 is 31.3. The lowest BCUT2D eigenvalue weighted by atomic mass is 9.94. The largest absolute Gasteiger partial charge is 0.481 e. The summed E-state index contributed by atoms with van der Waals surface area (Å²) in [5, 5.41) is 7.00. The van der Waals surface area contributed by atoms with Crippen LogP contribution in [-0.4, -0.2) is 54.4 Å². The van der Waals surface area contributed by atoms with Crippen LogP contribution in [0.25, 0.3) is 10.9 Å². The molecule has 2 aliphatic rings. The Labute approximate surface area is 202 Å². The quantitative estimate of drug-likeness (QED) is 0.470. The summed E-state index contributed by atoms with van der Waals surface area (Å²) in [5.41, 5.74) is 8.31. The summed E-state index contributed by atoms with van der Waals surface area (Å²) in [6.45, 7) is 1.03. The first-order chi connectivity index (χ1) is 17.0. The molecule has 0 bridgehead atoms. The minimum atomic E-state index is -0.366. The van der Waals surface area contributed by atoms with Gasteiger partial charge in [-0.15, -0.1) is 0 Å². The molecule has 184 valence electrons. The molecule has 5 rings (SSSR count). The van der Waals surface area contributed by atoms with Crippen LogP contribution < -0.4 is 25.8 Å². The molecule has 2 aromatic heterocycles. The summed E-state index contributed by atoms with van der Waals surface area (Å²) in [4.78, 5) is 20.4. The molecular formula is C25H28FN5O4. The number of pyridine rings is 2. The average Bonchev–Trinajstić information content (AvgIpc) is 2.88. The fraction of sp³-hybridized carbons (Fsp3) is 0.400. The zero-order valence-corrected chi connectivity index (χ0v) is 19.4. The Kier molecular flexibility index (Phi) is 6.76. The fourth-order valence-electron chi connectivity index (χ4n) is 4.50. The molecule has 4 heterocycles. The molecule has 9 nitrogen and oxygen atoms in total. The van der Waals surface area contributed by atoms with Crippen molar-refractivity contribution in [1.29, 1.82) is 0 Å². The Morgan fingerprint density at radius 2 is 2.09 bits per heavy atom. The summed E-state index contributed by atoms with van der Waals surface area (Å²) in [6.07, 6.45) is 1.76. The molecule has 1 amide bonds.